The molecule has 0 aromatic carbocycles. The second-order valence-corrected chi connectivity index (χ2v) is 6.18. The highest BCUT2D eigenvalue weighted by atomic mass is 16.2. The van der Waals surface area contributed by atoms with Crippen molar-refractivity contribution in [2.24, 2.45) is 5.92 Å². The maximum Gasteiger partial charge on any atom is 0.222 e. The van der Waals surface area contributed by atoms with Gasteiger partial charge in [-0.05, 0) is 51.0 Å². The van der Waals surface area contributed by atoms with Crippen LogP contribution < -0.4 is 5.32 Å². The topological polar surface area (TPSA) is 32.3 Å². The summed E-state index contributed by atoms with van der Waals surface area (Å²) in [6.07, 6.45) is 9.00. The summed E-state index contributed by atoms with van der Waals surface area (Å²) in [5.74, 6) is 1.15. The van der Waals surface area contributed by atoms with Crippen LogP contribution in [-0.2, 0) is 4.79 Å². The second-order valence-electron chi connectivity index (χ2n) is 6.18. The summed E-state index contributed by atoms with van der Waals surface area (Å²) in [7, 11) is 0. The van der Waals surface area contributed by atoms with E-state index in [4.69, 9.17) is 0 Å². The molecule has 1 saturated heterocycles. The molecule has 0 aromatic heterocycles. The highest BCUT2D eigenvalue weighted by molar-refractivity contribution is 5.76. The van der Waals surface area contributed by atoms with Crippen molar-refractivity contribution < 1.29 is 4.79 Å². The van der Waals surface area contributed by atoms with Gasteiger partial charge in [-0.1, -0.05) is 27.2 Å². The molecule has 3 heteroatoms. The summed E-state index contributed by atoms with van der Waals surface area (Å²) in [6.45, 7) is 9.75. The quantitative estimate of drug-likeness (QED) is 0.701. The highest BCUT2D eigenvalue weighted by Gasteiger charge is 2.21. The summed E-state index contributed by atoms with van der Waals surface area (Å²) < 4.78 is 0. The maximum atomic E-state index is 12.1. The molecule has 1 rings (SSSR count). The summed E-state index contributed by atoms with van der Waals surface area (Å²) >= 11 is 0. The van der Waals surface area contributed by atoms with Crippen molar-refractivity contribution in [1.29, 1.82) is 0 Å². The lowest BCUT2D eigenvalue weighted by Crippen LogP contribution is -2.34. The maximum absolute atomic E-state index is 12.1. The average Bonchev–Trinajstić information content (AvgIpc) is 2.65. The van der Waals surface area contributed by atoms with E-state index in [1.54, 1.807) is 0 Å². The lowest BCUT2D eigenvalue weighted by molar-refractivity contribution is -0.130. The summed E-state index contributed by atoms with van der Waals surface area (Å²) in [5.41, 5.74) is 0. The van der Waals surface area contributed by atoms with Crippen molar-refractivity contribution >= 4 is 5.91 Å². The van der Waals surface area contributed by atoms with Crippen LogP contribution in [0.3, 0.4) is 0 Å². The SMILES string of the molecule is CCCNC(CC)CCCN1CCC(CC)CCC1=O. The zero-order valence-electron chi connectivity index (χ0n) is 13.8. The molecule has 0 saturated carbocycles. The fourth-order valence-electron chi connectivity index (χ4n) is 3.07. The van der Waals surface area contributed by atoms with Crippen LogP contribution in [0.15, 0.2) is 0 Å². The number of hydrogen-bond donors (Lipinski definition) is 1. The van der Waals surface area contributed by atoms with Gasteiger partial charge in [-0.15, -0.1) is 0 Å². The smallest absolute Gasteiger partial charge is 0.222 e. The van der Waals surface area contributed by atoms with E-state index in [0.29, 0.717) is 11.9 Å². The number of hydrogen-bond acceptors (Lipinski definition) is 2. The molecule has 1 heterocycles. The number of carbonyl (C=O) groups excluding carboxylic acids is 1. The van der Waals surface area contributed by atoms with Crippen LogP contribution in [0, 0.1) is 5.92 Å². The fourth-order valence-corrected chi connectivity index (χ4v) is 3.07. The molecule has 118 valence electrons. The normalized spacial score (nSPS) is 21.9. The van der Waals surface area contributed by atoms with Gasteiger partial charge in [-0.2, -0.15) is 0 Å². The van der Waals surface area contributed by atoms with Gasteiger partial charge in [0.25, 0.3) is 0 Å². The molecule has 1 aliphatic rings. The van der Waals surface area contributed by atoms with Gasteiger partial charge in [0.1, 0.15) is 0 Å². The number of rotatable bonds is 9. The Bertz CT molecular complexity index is 268. The molecular formula is C17H34N2O. The van der Waals surface area contributed by atoms with Crippen molar-refractivity contribution in [2.45, 2.75) is 78.2 Å². The molecule has 3 nitrogen and oxygen atoms in total. The minimum absolute atomic E-state index is 0.385. The third-order valence-electron chi connectivity index (χ3n) is 4.66. The van der Waals surface area contributed by atoms with E-state index in [-0.39, 0.29) is 0 Å². The number of nitrogens with one attached hydrogen (secondary N) is 1. The monoisotopic (exact) mass is 282 g/mol. The van der Waals surface area contributed by atoms with Crippen LogP contribution in [0.25, 0.3) is 0 Å². The Morgan fingerprint density at radius 2 is 2.10 bits per heavy atom. The van der Waals surface area contributed by atoms with Crippen LogP contribution in [0.1, 0.15) is 72.1 Å². The molecule has 0 spiro atoms. The highest BCUT2D eigenvalue weighted by Crippen LogP contribution is 2.21. The molecule has 1 amide bonds. The van der Waals surface area contributed by atoms with Gasteiger partial charge in [0.15, 0.2) is 0 Å². The average molecular weight is 282 g/mol. The summed E-state index contributed by atoms with van der Waals surface area (Å²) in [4.78, 5) is 14.2. The first-order valence-electron chi connectivity index (χ1n) is 8.72. The first kappa shape index (κ1) is 17.5. The lowest BCUT2D eigenvalue weighted by atomic mass is 9.98. The van der Waals surface area contributed by atoms with Gasteiger partial charge in [-0.3, -0.25) is 4.79 Å². The molecule has 2 atom stereocenters. The van der Waals surface area contributed by atoms with Crippen molar-refractivity contribution in [3.63, 3.8) is 0 Å². The van der Waals surface area contributed by atoms with E-state index in [9.17, 15) is 4.79 Å². The third-order valence-corrected chi connectivity index (χ3v) is 4.66. The Balaban J connectivity index is 2.27. The minimum atomic E-state index is 0.385. The number of nitrogens with zero attached hydrogens (tertiary/aromatic N) is 1. The van der Waals surface area contributed by atoms with E-state index < -0.39 is 0 Å². The molecule has 20 heavy (non-hydrogen) atoms. The Kier molecular flexibility index (Phi) is 8.92. The zero-order valence-corrected chi connectivity index (χ0v) is 13.8. The molecule has 1 N–H and O–H groups in total. The molecule has 1 aliphatic heterocycles. The first-order chi connectivity index (χ1) is 9.71. The first-order valence-corrected chi connectivity index (χ1v) is 8.72. The van der Waals surface area contributed by atoms with Gasteiger partial charge in [-0.25, -0.2) is 0 Å². The Hall–Kier alpha value is -0.570. The second kappa shape index (κ2) is 10.2. The predicted octanol–water partition coefficient (Wildman–Crippen LogP) is 3.58. The van der Waals surface area contributed by atoms with E-state index in [1.807, 2.05) is 0 Å². The standard InChI is InChI=1S/C17H34N2O/c1-4-12-18-16(6-3)8-7-13-19-14-11-15(5-2)9-10-17(19)20/h15-16,18H,4-14H2,1-3H3. The van der Waals surface area contributed by atoms with Crippen LogP contribution in [0.5, 0.6) is 0 Å². The van der Waals surface area contributed by atoms with Crippen molar-refractivity contribution in [3.8, 4) is 0 Å². The van der Waals surface area contributed by atoms with Crippen molar-refractivity contribution in [2.75, 3.05) is 19.6 Å². The molecule has 2 unspecified atom stereocenters. The molecule has 1 fully saturated rings. The largest absolute Gasteiger partial charge is 0.343 e. The number of likely N-dealkylation sites (tertiary alicyclic amines) is 1. The molecule has 0 aliphatic carbocycles. The predicted molar refractivity (Wildman–Crippen MR) is 85.8 cm³/mol. The van der Waals surface area contributed by atoms with Crippen LogP contribution in [0.2, 0.25) is 0 Å². The van der Waals surface area contributed by atoms with Crippen molar-refractivity contribution in [3.05, 3.63) is 0 Å². The molecule has 0 bridgehead atoms. The number of carbonyl (C=O) groups is 1. The van der Waals surface area contributed by atoms with Gasteiger partial charge >= 0.3 is 0 Å². The summed E-state index contributed by atoms with van der Waals surface area (Å²) in [6, 6.07) is 0.625. The van der Waals surface area contributed by atoms with E-state index in [1.165, 1.54) is 32.1 Å². The summed E-state index contributed by atoms with van der Waals surface area (Å²) in [5, 5.41) is 3.59. The van der Waals surface area contributed by atoms with E-state index in [0.717, 1.165) is 44.8 Å². The van der Waals surface area contributed by atoms with Gasteiger partial charge in [0.05, 0.1) is 0 Å². The Labute approximate surface area is 125 Å². The lowest BCUT2D eigenvalue weighted by Gasteiger charge is -2.23. The Morgan fingerprint density at radius 1 is 1.30 bits per heavy atom. The third kappa shape index (κ3) is 6.25. The van der Waals surface area contributed by atoms with Crippen molar-refractivity contribution in [1.82, 2.24) is 10.2 Å². The fraction of sp³-hybridized carbons (Fsp3) is 0.941. The van der Waals surface area contributed by atoms with E-state index >= 15 is 0 Å². The Morgan fingerprint density at radius 3 is 2.75 bits per heavy atom. The zero-order chi connectivity index (χ0) is 14.8. The van der Waals surface area contributed by atoms with E-state index in [2.05, 4.69) is 31.0 Å². The molecule has 0 radical (unpaired) electrons. The van der Waals surface area contributed by atoms with Gasteiger partial charge in [0, 0.05) is 25.6 Å². The molecule has 0 aromatic rings. The molecular weight excluding hydrogens is 248 g/mol. The van der Waals surface area contributed by atoms with Crippen LogP contribution in [-0.4, -0.2) is 36.5 Å². The van der Waals surface area contributed by atoms with Crippen LogP contribution >= 0.6 is 0 Å². The minimum Gasteiger partial charge on any atom is -0.343 e. The van der Waals surface area contributed by atoms with Gasteiger partial charge < -0.3 is 10.2 Å². The van der Waals surface area contributed by atoms with Gasteiger partial charge in [0.2, 0.25) is 5.91 Å². The number of amides is 1. The van der Waals surface area contributed by atoms with Crippen LogP contribution in [0.4, 0.5) is 0 Å².